The SMILES string of the molecule is CCNC(=NCCC1CCN(C)CC1)NC1CC2(CCCC2)Oc2ccccc21.I. The number of nitrogens with zero attached hydrogens (tertiary/aromatic N) is 2. The highest BCUT2D eigenvalue weighted by Crippen LogP contribution is 2.46. The molecule has 3 aliphatic rings. The third-order valence-electron chi connectivity index (χ3n) is 7.01. The number of rotatable bonds is 5. The van der Waals surface area contributed by atoms with Crippen LogP contribution in [0.5, 0.6) is 5.75 Å². The lowest BCUT2D eigenvalue weighted by molar-refractivity contribution is 0.0396. The number of halogens is 1. The first-order valence-corrected chi connectivity index (χ1v) is 11.7. The molecule has 1 atom stereocenters. The highest BCUT2D eigenvalue weighted by molar-refractivity contribution is 14.0. The van der Waals surface area contributed by atoms with E-state index < -0.39 is 0 Å². The Labute approximate surface area is 199 Å². The van der Waals surface area contributed by atoms with E-state index in [1.165, 1.54) is 63.6 Å². The highest BCUT2D eigenvalue weighted by Gasteiger charge is 2.43. The van der Waals surface area contributed by atoms with Crippen molar-refractivity contribution in [1.82, 2.24) is 15.5 Å². The standard InChI is InChI=1S/C24H38N4O.HI/c1-3-25-23(26-15-10-19-11-16-28(2)17-12-19)27-21-18-24(13-6-7-14-24)29-22-9-5-4-8-20(21)22;/h4-5,8-9,19,21H,3,6-7,10-18H2,1-2H3,(H2,25,26,27);1H. The van der Waals surface area contributed by atoms with Crippen molar-refractivity contribution in [3.8, 4) is 5.75 Å². The quantitative estimate of drug-likeness (QED) is 0.331. The largest absolute Gasteiger partial charge is 0.487 e. The summed E-state index contributed by atoms with van der Waals surface area (Å²) in [5.41, 5.74) is 1.28. The molecule has 30 heavy (non-hydrogen) atoms. The normalized spacial score (nSPS) is 24.1. The smallest absolute Gasteiger partial charge is 0.191 e. The summed E-state index contributed by atoms with van der Waals surface area (Å²) < 4.78 is 6.52. The third-order valence-corrected chi connectivity index (χ3v) is 7.01. The van der Waals surface area contributed by atoms with E-state index in [-0.39, 0.29) is 35.6 Å². The minimum Gasteiger partial charge on any atom is -0.487 e. The van der Waals surface area contributed by atoms with Gasteiger partial charge < -0.3 is 20.3 Å². The number of aliphatic imine (C=N–C) groups is 1. The fourth-order valence-corrected chi connectivity index (χ4v) is 5.27. The number of piperidine rings is 1. The van der Waals surface area contributed by atoms with E-state index in [0.29, 0.717) is 0 Å². The first-order valence-electron chi connectivity index (χ1n) is 11.7. The van der Waals surface area contributed by atoms with Gasteiger partial charge in [0, 0.05) is 25.1 Å². The van der Waals surface area contributed by atoms with Crippen molar-refractivity contribution in [3.63, 3.8) is 0 Å². The summed E-state index contributed by atoms with van der Waals surface area (Å²) in [7, 11) is 2.23. The molecule has 1 aromatic carbocycles. The van der Waals surface area contributed by atoms with E-state index in [2.05, 4.69) is 53.8 Å². The van der Waals surface area contributed by atoms with Crippen molar-refractivity contribution in [2.45, 2.75) is 69.9 Å². The second-order valence-electron chi connectivity index (χ2n) is 9.23. The molecular weight excluding hydrogens is 487 g/mol. The van der Waals surface area contributed by atoms with E-state index in [0.717, 1.165) is 37.1 Å². The molecule has 1 unspecified atom stereocenters. The van der Waals surface area contributed by atoms with Crippen LogP contribution in [0.1, 0.15) is 69.9 Å². The summed E-state index contributed by atoms with van der Waals surface area (Å²) in [5.74, 6) is 2.83. The van der Waals surface area contributed by atoms with Gasteiger partial charge in [-0.3, -0.25) is 4.99 Å². The maximum Gasteiger partial charge on any atom is 0.191 e. The van der Waals surface area contributed by atoms with Crippen LogP contribution in [0.4, 0.5) is 0 Å². The van der Waals surface area contributed by atoms with Gasteiger partial charge in [0.2, 0.25) is 0 Å². The van der Waals surface area contributed by atoms with Gasteiger partial charge in [-0.15, -0.1) is 24.0 Å². The van der Waals surface area contributed by atoms with Crippen LogP contribution in [0.25, 0.3) is 0 Å². The third kappa shape index (κ3) is 5.81. The zero-order valence-corrected chi connectivity index (χ0v) is 21.0. The van der Waals surface area contributed by atoms with E-state index in [1.54, 1.807) is 0 Å². The average Bonchev–Trinajstić information content (AvgIpc) is 3.17. The van der Waals surface area contributed by atoms with Crippen molar-refractivity contribution in [2.24, 2.45) is 10.9 Å². The molecule has 6 heteroatoms. The first kappa shape index (κ1) is 23.6. The second-order valence-corrected chi connectivity index (χ2v) is 9.23. The molecule has 5 nitrogen and oxygen atoms in total. The van der Waals surface area contributed by atoms with Gasteiger partial charge in [0.25, 0.3) is 0 Å². The van der Waals surface area contributed by atoms with Crippen molar-refractivity contribution >= 4 is 29.9 Å². The number of fused-ring (bicyclic) bond motifs is 1. The Bertz CT molecular complexity index is 696. The summed E-state index contributed by atoms with van der Waals surface area (Å²) in [6.07, 6.45) is 9.74. The molecule has 0 amide bonds. The average molecular weight is 527 g/mol. The minimum absolute atomic E-state index is 0. The Kier molecular flexibility index (Phi) is 8.69. The Morgan fingerprint density at radius 3 is 2.67 bits per heavy atom. The zero-order chi connectivity index (χ0) is 20.1. The molecule has 1 saturated heterocycles. The van der Waals surface area contributed by atoms with Gasteiger partial charge in [0.05, 0.1) is 6.04 Å². The number of benzene rings is 1. The maximum atomic E-state index is 6.52. The number of hydrogen-bond donors (Lipinski definition) is 2. The molecule has 2 N–H and O–H groups in total. The topological polar surface area (TPSA) is 48.9 Å². The monoisotopic (exact) mass is 526 g/mol. The predicted molar refractivity (Wildman–Crippen MR) is 135 cm³/mol. The van der Waals surface area contributed by atoms with Gasteiger partial charge in [-0.1, -0.05) is 18.2 Å². The molecule has 2 aliphatic heterocycles. The number of ether oxygens (including phenoxy) is 1. The Balaban J connectivity index is 0.00000256. The number of hydrogen-bond acceptors (Lipinski definition) is 3. The molecule has 1 saturated carbocycles. The molecular formula is C24H39IN4O. The minimum atomic E-state index is 0. The van der Waals surface area contributed by atoms with Crippen LogP contribution in [0, 0.1) is 5.92 Å². The van der Waals surface area contributed by atoms with Crippen LogP contribution >= 0.6 is 24.0 Å². The molecule has 1 aromatic rings. The lowest BCUT2D eigenvalue weighted by Crippen LogP contribution is -2.46. The van der Waals surface area contributed by atoms with Gasteiger partial charge >= 0.3 is 0 Å². The molecule has 2 fully saturated rings. The van der Waals surface area contributed by atoms with Crippen LogP contribution in [0.2, 0.25) is 0 Å². The van der Waals surface area contributed by atoms with Crippen LogP contribution in [-0.2, 0) is 0 Å². The van der Waals surface area contributed by atoms with E-state index in [1.807, 2.05) is 0 Å². The van der Waals surface area contributed by atoms with Gasteiger partial charge in [-0.2, -0.15) is 0 Å². The van der Waals surface area contributed by atoms with Crippen LogP contribution in [0.3, 0.4) is 0 Å². The highest BCUT2D eigenvalue weighted by atomic mass is 127. The number of guanidine groups is 1. The van der Waals surface area contributed by atoms with Crippen molar-refractivity contribution in [1.29, 1.82) is 0 Å². The molecule has 0 radical (unpaired) electrons. The fourth-order valence-electron chi connectivity index (χ4n) is 5.27. The van der Waals surface area contributed by atoms with E-state index >= 15 is 0 Å². The van der Waals surface area contributed by atoms with Gasteiger partial charge in [0.1, 0.15) is 11.4 Å². The van der Waals surface area contributed by atoms with E-state index in [9.17, 15) is 0 Å². The van der Waals surface area contributed by atoms with Crippen molar-refractivity contribution in [2.75, 3.05) is 33.2 Å². The first-order chi connectivity index (χ1) is 14.2. The zero-order valence-electron chi connectivity index (χ0n) is 18.7. The number of likely N-dealkylation sites (tertiary alicyclic amines) is 1. The van der Waals surface area contributed by atoms with Crippen LogP contribution in [0.15, 0.2) is 29.3 Å². The lowest BCUT2D eigenvalue weighted by atomic mass is 9.86. The summed E-state index contributed by atoms with van der Waals surface area (Å²) in [5, 5.41) is 7.23. The number of para-hydroxylation sites is 1. The van der Waals surface area contributed by atoms with Gasteiger partial charge in [-0.25, -0.2) is 0 Å². The van der Waals surface area contributed by atoms with Crippen molar-refractivity contribution in [3.05, 3.63) is 29.8 Å². The molecule has 1 spiro atoms. The Morgan fingerprint density at radius 1 is 1.20 bits per heavy atom. The molecule has 0 bridgehead atoms. The van der Waals surface area contributed by atoms with Crippen LogP contribution in [-0.4, -0.2) is 49.7 Å². The second kappa shape index (κ2) is 11.0. The maximum absolute atomic E-state index is 6.52. The summed E-state index contributed by atoms with van der Waals surface area (Å²) in [6.45, 7) is 6.39. The van der Waals surface area contributed by atoms with Gasteiger partial charge in [0.15, 0.2) is 5.96 Å². The summed E-state index contributed by atoms with van der Waals surface area (Å²) in [6, 6.07) is 8.81. The van der Waals surface area contributed by atoms with E-state index in [4.69, 9.17) is 9.73 Å². The molecule has 1 aliphatic carbocycles. The predicted octanol–water partition coefficient (Wildman–Crippen LogP) is 4.73. The molecule has 2 heterocycles. The van der Waals surface area contributed by atoms with Gasteiger partial charge in [-0.05, 0) is 84.0 Å². The fraction of sp³-hybridized carbons (Fsp3) is 0.708. The van der Waals surface area contributed by atoms with Crippen LogP contribution < -0.4 is 15.4 Å². The molecule has 0 aromatic heterocycles. The van der Waals surface area contributed by atoms with Crippen molar-refractivity contribution < 1.29 is 4.74 Å². The Hall–Kier alpha value is -1.02. The molecule has 168 valence electrons. The Morgan fingerprint density at radius 2 is 1.93 bits per heavy atom. The summed E-state index contributed by atoms with van der Waals surface area (Å²) >= 11 is 0. The number of nitrogens with one attached hydrogen (secondary N) is 2. The lowest BCUT2D eigenvalue weighted by Gasteiger charge is -2.40. The molecule has 4 rings (SSSR count). The summed E-state index contributed by atoms with van der Waals surface area (Å²) in [4.78, 5) is 7.39.